The summed E-state index contributed by atoms with van der Waals surface area (Å²) in [5.41, 5.74) is 2.39. The lowest BCUT2D eigenvalue weighted by Gasteiger charge is -2.13. The maximum absolute atomic E-state index is 11.2. The molecular weight excluding hydrogens is 276 g/mol. The lowest BCUT2D eigenvalue weighted by molar-refractivity contribution is 0.742. The molecule has 0 aliphatic rings. The molecule has 0 saturated carbocycles. The van der Waals surface area contributed by atoms with Crippen LogP contribution in [0.2, 0.25) is 0 Å². The fourth-order valence-electron chi connectivity index (χ4n) is 2.36. The van der Waals surface area contributed by atoms with Crippen LogP contribution in [0.1, 0.15) is 11.1 Å². The number of benzene rings is 1. The average molecular weight is 292 g/mol. The van der Waals surface area contributed by atoms with E-state index >= 15 is 0 Å². The van der Waals surface area contributed by atoms with Gasteiger partial charge in [0.15, 0.2) is 10.9 Å². The van der Waals surface area contributed by atoms with Crippen molar-refractivity contribution in [2.45, 2.75) is 13.1 Å². The summed E-state index contributed by atoms with van der Waals surface area (Å²) >= 11 is 0. The van der Waals surface area contributed by atoms with Crippen molar-refractivity contribution < 1.29 is 0 Å². The summed E-state index contributed by atoms with van der Waals surface area (Å²) in [6, 6.07) is 14.4. The lowest BCUT2D eigenvalue weighted by atomic mass is 10.1. The zero-order chi connectivity index (χ0) is 15.4. The van der Waals surface area contributed by atoms with E-state index in [1.165, 1.54) is 11.1 Å². The Labute approximate surface area is 127 Å². The van der Waals surface area contributed by atoms with Gasteiger partial charge in [-0.1, -0.05) is 24.3 Å². The van der Waals surface area contributed by atoms with E-state index in [1.54, 1.807) is 49.1 Å². The second-order valence-electron chi connectivity index (χ2n) is 5.18. The van der Waals surface area contributed by atoms with Crippen molar-refractivity contribution in [2.75, 3.05) is 0 Å². The first-order valence-corrected chi connectivity index (χ1v) is 7.10. The Kier molecular flexibility index (Phi) is 4.01. The molecule has 3 rings (SSSR count). The third kappa shape index (κ3) is 3.41. The second kappa shape index (κ2) is 6.26. The molecule has 0 bridgehead atoms. The molecule has 110 valence electrons. The Balaban J connectivity index is 1.86. The topological polar surface area (TPSA) is 44.0 Å². The van der Waals surface area contributed by atoms with Gasteiger partial charge in [-0.05, 0) is 11.1 Å². The summed E-state index contributed by atoms with van der Waals surface area (Å²) in [6.45, 7) is 1.41. The highest BCUT2D eigenvalue weighted by Gasteiger charge is 2.03. The fraction of sp³-hybridized carbons (Fsp3) is 0.111. The molecule has 2 aromatic heterocycles. The van der Waals surface area contributed by atoms with E-state index in [4.69, 9.17) is 0 Å². The zero-order valence-corrected chi connectivity index (χ0v) is 12.1. The van der Waals surface area contributed by atoms with Crippen LogP contribution in [0.5, 0.6) is 0 Å². The van der Waals surface area contributed by atoms with Crippen LogP contribution in [-0.2, 0) is 13.1 Å². The molecule has 4 nitrogen and oxygen atoms in total. The predicted molar refractivity (Wildman–Crippen MR) is 86.1 cm³/mol. The van der Waals surface area contributed by atoms with Gasteiger partial charge in [0.25, 0.3) is 0 Å². The molecule has 0 aliphatic carbocycles. The quantitative estimate of drug-likeness (QED) is 0.739. The van der Waals surface area contributed by atoms with E-state index in [0.29, 0.717) is 13.1 Å². The standard InChI is InChI=1S/C18H16N2O2/c21-17-5-9-19(10-6-17)13-15-3-1-2-4-16(15)14-20-11-7-18(22)8-12-20/h1-12H,13-14H2. The number of pyridine rings is 2. The highest BCUT2D eigenvalue weighted by molar-refractivity contribution is 5.28. The predicted octanol–water partition coefficient (Wildman–Crippen LogP) is 2.11. The monoisotopic (exact) mass is 292 g/mol. The van der Waals surface area contributed by atoms with Crippen LogP contribution in [0, 0.1) is 0 Å². The normalized spacial score (nSPS) is 10.5. The Hall–Kier alpha value is -2.88. The Morgan fingerprint density at radius 1 is 0.591 bits per heavy atom. The molecule has 1 aromatic carbocycles. The highest BCUT2D eigenvalue weighted by Crippen LogP contribution is 2.12. The summed E-state index contributed by atoms with van der Waals surface area (Å²) < 4.78 is 3.96. The van der Waals surface area contributed by atoms with Gasteiger partial charge in [0.05, 0.1) is 0 Å². The maximum atomic E-state index is 11.2. The van der Waals surface area contributed by atoms with Gasteiger partial charge < -0.3 is 9.13 Å². The van der Waals surface area contributed by atoms with Crippen LogP contribution in [0.3, 0.4) is 0 Å². The number of hydrogen-bond donors (Lipinski definition) is 0. The van der Waals surface area contributed by atoms with Gasteiger partial charge in [-0.25, -0.2) is 0 Å². The van der Waals surface area contributed by atoms with Crippen LogP contribution in [-0.4, -0.2) is 9.13 Å². The molecule has 0 saturated heterocycles. The van der Waals surface area contributed by atoms with Crippen LogP contribution < -0.4 is 10.9 Å². The fourth-order valence-corrected chi connectivity index (χ4v) is 2.36. The average Bonchev–Trinajstić information content (AvgIpc) is 2.54. The minimum Gasteiger partial charge on any atom is -0.350 e. The molecule has 0 radical (unpaired) electrons. The van der Waals surface area contributed by atoms with Crippen LogP contribution in [0.15, 0.2) is 82.9 Å². The zero-order valence-electron chi connectivity index (χ0n) is 12.1. The van der Waals surface area contributed by atoms with Gasteiger partial charge in [0, 0.05) is 62.1 Å². The summed E-state index contributed by atoms with van der Waals surface area (Å²) in [7, 11) is 0. The molecule has 22 heavy (non-hydrogen) atoms. The molecule has 4 heteroatoms. The van der Waals surface area contributed by atoms with E-state index in [0.717, 1.165) is 0 Å². The first-order valence-electron chi connectivity index (χ1n) is 7.10. The highest BCUT2D eigenvalue weighted by atomic mass is 16.1. The number of rotatable bonds is 4. The molecule has 2 heterocycles. The van der Waals surface area contributed by atoms with Crippen LogP contribution >= 0.6 is 0 Å². The Morgan fingerprint density at radius 3 is 1.32 bits per heavy atom. The molecule has 0 N–H and O–H groups in total. The Bertz CT molecular complexity index is 778. The van der Waals surface area contributed by atoms with Crippen LogP contribution in [0.4, 0.5) is 0 Å². The Morgan fingerprint density at radius 2 is 0.955 bits per heavy atom. The van der Waals surface area contributed by atoms with E-state index < -0.39 is 0 Å². The smallest absolute Gasteiger partial charge is 0.181 e. The minimum absolute atomic E-state index is 0.0118. The maximum Gasteiger partial charge on any atom is 0.181 e. The molecule has 0 amide bonds. The molecule has 0 aliphatic heterocycles. The summed E-state index contributed by atoms with van der Waals surface area (Å²) in [5.74, 6) is 0. The third-order valence-corrected chi connectivity index (χ3v) is 3.55. The first kappa shape index (κ1) is 14.1. The van der Waals surface area contributed by atoms with Gasteiger partial charge in [-0.2, -0.15) is 0 Å². The molecule has 0 unspecified atom stereocenters. The summed E-state index contributed by atoms with van der Waals surface area (Å²) in [6.07, 6.45) is 7.16. The van der Waals surface area contributed by atoms with Crippen molar-refractivity contribution in [1.82, 2.24) is 9.13 Å². The van der Waals surface area contributed by atoms with Gasteiger partial charge in [-0.15, -0.1) is 0 Å². The SMILES string of the molecule is O=c1ccn(Cc2ccccc2Cn2ccc(=O)cc2)cc1. The van der Waals surface area contributed by atoms with Crippen molar-refractivity contribution in [1.29, 1.82) is 0 Å². The largest absolute Gasteiger partial charge is 0.350 e. The molecule has 0 spiro atoms. The lowest BCUT2D eigenvalue weighted by Crippen LogP contribution is -2.09. The molecule has 0 atom stereocenters. The first-order chi connectivity index (χ1) is 10.7. The molecule has 0 fully saturated rings. The van der Waals surface area contributed by atoms with Crippen molar-refractivity contribution in [3.8, 4) is 0 Å². The van der Waals surface area contributed by atoms with Gasteiger partial charge >= 0.3 is 0 Å². The van der Waals surface area contributed by atoms with E-state index in [9.17, 15) is 9.59 Å². The minimum atomic E-state index is 0.0118. The second-order valence-corrected chi connectivity index (χ2v) is 5.18. The van der Waals surface area contributed by atoms with E-state index in [1.807, 2.05) is 21.3 Å². The van der Waals surface area contributed by atoms with Gasteiger partial charge in [0.2, 0.25) is 0 Å². The molecule has 3 aromatic rings. The van der Waals surface area contributed by atoms with Crippen molar-refractivity contribution >= 4 is 0 Å². The van der Waals surface area contributed by atoms with E-state index in [-0.39, 0.29) is 10.9 Å². The third-order valence-electron chi connectivity index (χ3n) is 3.55. The number of nitrogens with zero attached hydrogens (tertiary/aromatic N) is 2. The van der Waals surface area contributed by atoms with Gasteiger partial charge in [0.1, 0.15) is 0 Å². The van der Waals surface area contributed by atoms with Crippen LogP contribution in [0.25, 0.3) is 0 Å². The van der Waals surface area contributed by atoms with E-state index in [2.05, 4.69) is 12.1 Å². The van der Waals surface area contributed by atoms with Crippen molar-refractivity contribution in [3.05, 3.63) is 105 Å². The summed E-state index contributed by atoms with van der Waals surface area (Å²) in [5, 5.41) is 0. The van der Waals surface area contributed by atoms with Gasteiger partial charge in [-0.3, -0.25) is 9.59 Å². The van der Waals surface area contributed by atoms with Crippen molar-refractivity contribution in [2.24, 2.45) is 0 Å². The number of aromatic nitrogens is 2. The number of hydrogen-bond acceptors (Lipinski definition) is 2. The summed E-state index contributed by atoms with van der Waals surface area (Å²) in [4.78, 5) is 22.3. The van der Waals surface area contributed by atoms with Crippen molar-refractivity contribution in [3.63, 3.8) is 0 Å². The molecular formula is C18H16N2O2.